The number of rotatable bonds is 4. The first-order valence-electron chi connectivity index (χ1n) is 8.34. The van der Waals surface area contributed by atoms with Crippen LogP contribution in [0.3, 0.4) is 0 Å². The zero-order chi connectivity index (χ0) is 15.0. The first-order chi connectivity index (χ1) is 10.0. The number of carbonyl (C=O) groups is 2. The van der Waals surface area contributed by atoms with Crippen molar-refractivity contribution in [1.29, 1.82) is 0 Å². The molecule has 2 unspecified atom stereocenters. The zero-order valence-electron chi connectivity index (χ0n) is 12.8. The van der Waals surface area contributed by atoms with E-state index in [1.165, 1.54) is 25.7 Å². The first kappa shape index (κ1) is 14.7. The van der Waals surface area contributed by atoms with Crippen LogP contribution in [0.4, 0.5) is 4.79 Å². The van der Waals surface area contributed by atoms with Crippen LogP contribution in [0.25, 0.3) is 0 Å². The van der Waals surface area contributed by atoms with Crippen LogP contribution in [0, 0.1) is 11.8 Å². The number of amides is 2. The molecule has 2 amide bonds. The molecule has 3 rings (SSSR count). The van der Waals surface area contributed by atoms with Crippen LogP contribution in [-0.2, 0) is 4.79 Å². The lowest BCUT2D eigenvalue weighted by molar-refractivity contribution is -0.144. The molecule has 0 radical (unpaired) electrons. The van der Waals surface area contributed by atoms with Crippen LogP contribution in [0.1, 0.15) is 58.3 Å². The predicted molar refractivity (Wildman–Crippen MR) is 79.0 cm³/mol. The van der Waals surface area contributed by atoms with Crippen LogP contribution in [0.2, 0.25) is 0 Å². The molecular formula is C16H26N2O3. The fraction of sp³-hybridized carbons (Fsp3) is 0.875. The quantitative estimate of drug-likeness (QED) is 0.837. The number of carboxylic acids is 1. The molecule has 21 heavy (non-hydrogen) atoms. The van der Waals surface area contributed by atoms with E-state index in [4.69, 9.17) is 0 Å². The molecule has 5 heteroatoms. The van der Waals surface area contributed by atoms with Gasteiger partial charge in [-0.3, -0.25) is 0 Å². The van der Waals surface area contributed by atoms with E-state index in [0.29, 0.717) is 12.0 Å². The Kier molecular flexibility index (Phi) is 3.84. The molecule has 1 heterocycles. The normalized spacial score (nSPS) is 29.4. The number of likely N-dealkylation sites (tertiary alicyclic amines) is 1. The van der Waals surface area contributed by atoms with E-state index in [1.807, 2.05) is 4.90 Å². The van der Waals surface area contributed by atoms with E-state index in [2.05, 4.69) is 5.32 Å². The van der Waals surface area contributed by atoms with Crippen LogP contribution in [0.15, 0.2) is 0 Å². The van der Waals surface area contributed by atoms with Gasteiger partial charge >= 0.3 is 12.0 Å². The molecule has 0 bridgehead atoms. The third-order valence-corrected chi connectivity index (χ3v) is 5.71. The van der Waals surface area contributed by atoms with Gasteiger partial charge in [-0.15, -0.1) is 0 Å². The molecule has 2 N–H and O–H groups in total. The molecule has 2 saturated carbocycles. The SMILES string of the molecule is CC(NC(=O)N1CCCC1C1CCCC1)(C(=O)O)C1CC1. The van der Waals surface area contributed by atoms with Gasteiger partial charge in [0, 0.05) is 12.6 Å². The minimum Gasteiger partial charge on any atom is -0.480 e. The van der Waals surface area contributed by atoms with E-state index < -0.39 is 11.5 Å². The van der Waals surface area contributed by atoms with Crippen molar-refractivity contribution in [3.05, 3.63) is 0 Å². The van der Waals surface area contributed by atoms with E-state index in [0.717, 1.165) is 32.2 Å². The number of nitrogens with zero attached hydrogens (tertiary/aromatic N) is 1. The number of hydrogen-bond acceptors (Lipinski definition) is 2. The predicted octanol–water partition coefficient (Wildman–Crippen LogP) is 2.60. The van der Waals surface area contributed by atoms with Crippen molar-refractivity contribution >= 4 is 12.0 Å². The second kappa shape index (κ2) is 5.50. The van der Waals surface area contributed by atoms with Crippen molar-refractivity contribution in [2.24, 2.45) is 11.8 Å². The van der Waals surface area contributed by atoms with Crippen LogP contribution < -0.4 is 5.32 Å². The second-order valence-electron chi connectivity index (χ2n) is 7.16. The summed E-state index contributed by atoms with van der Waals surface area (Å²) in [5, 5.41) is 12.3. The van der Waals surface area contributed by atoms with Crippen molar-refractivity contribution in [3.63, 3.8) is 0 Å². The van der Waals surface area contributed by atoms with Crippen molar-refractivity contribution < 1.29 is 14.7 Å². The van der Waals surface area contributed by atoms with Gasteiger partial charge in [-0.1, -0.05) is 12.8 Å². The molecule has 0 aromatic heterocycles. The molecule has 1 aliphatic heterocycles. The molecular weight excluding hydrogens is 268 g/mol. The van der Waals surface area contributed by atoms with Gasteiger partial charge in [0.2, 0.25) is 0 Å². The molecule has 3 aliphatic rings. The number of carbonyl (C=O) groups excluding carboxylic acids is 1. The summed E-state index contributed by atoms with van der Waals surface area (Å²) in [5.41, 5.74) is -1.10. The monoisotopic (exact) mass is 294 g/mol. The molecule has 118 valence electrons. The van der Waals surface area contributed by atoms with Gasteiger partial charge in [0.25, 0.3) is 0 Å². The Morgan fingerprint density at radius 2 is 1.76 bits per heavy atom. The molecule has 1 saturated heterocycles. The van der Waals surface area contributed by atoms with Gasteiger partial charge in [-0.25, -0.2) is 9.59 Å². The van der Waals surface area contributed by atoms with Gasteiger partial charge in [-0.2, -0.15) is 0 Å². The number of carboxylic acid groups (broad SMARTS) is 1. The van der Waals surface area contributed by atoms with E-state index in [1.54, 1.807) is 6.92 Å². The summed E-state index contributed by atoms with van der Waals surface area (Å²) in [5.74, 6) is -0.197. The lowest BCUT2D eigenvalue weighted by Gasteiger charge is -2.34. The Hall–Kier alpha value is -1.26. The van der Waals surface area contributed by atoms with Crippen molar-refractivity contribution in [2.75, 3.05) is 6.54 Å². The third kappa shape index (κ3) is 2.74. The van der Waals surface area contributed by atoms with Crippen molar-refractivity contribution in [1.82, 2.24) is 10.2 Å². The average molecular weight is 294 g/mol. The van der Waals surface area contributed by atoms with Gasteiger partial charge in [0.15, 0.2) is 0 Å². The van der Waals surface area contributed by atoms with Crippen LogP contribution in [-0.4, -0.2) is 40.1 Å². The molecule has 0 aromatic rings. The minimum absolute atomic E-state index is 0.0893. The van der Waals surface area contributed by atoms with E-state index >= 15 is 0 Å². The van der Waals surface area contributed by atoms with Crippen LogP contribution in [0.5, 0.6) is 0 Å². The average Bonchev–Trinajstić information content (AvgIpc) is 2.98. The summed E-state index contributed by atoms with van der Waals surface area (Å²) < 4.78 is 0. The summed E-state index contributed by atoms with van der Waals surface area (Å²) in [7, 11) is 0. The summed E-state index contributed by atoms with van der Waals surface area (Å²) >= 11 is 0. The third-order valence-electron chi connectivity index (χ3n) is 5.71. The Bertz CT molecular complexity index is 429. The van der Waals surface area contributed by atoms with Gasteiger partial charge in [0.05, 0.1) is 0 Å². The summed E-state index contributed by atoms with van der Waals surface area (Å²) in [6.07, 6.45) is 8.88. The second-order valence-corrected chi connectivity index (χ2v) is 7.16. The highest BCUT2D eigenvalue weighted by atomic mass is 16.4. The summed E-state index contributed by atoms with van der Waals surface area (Å²) in [6, 6.07) is 0.158. The summed E-state index contributed by atoms with van der Waals surface area (Å²) in [4.78, 5) is 26.1. The smallest absolute Gasteiger partial charge is 0.329 e. The Morgan fingerprint density at radius 3 is 2.33 bits per heavy atom. The first-order valence-corrected chi connectivity index (χ1v) is 8.34. The highest BCUT2D eigenvalue weighted by molar-refractivity contribution is 5.86. The molecule has 2 atom stereocenters. The Labute approximate surface area is 126 Å². The van der Waals surface area contributed by atoms with Crippen molar-refractivity contribution in [3.8, 4) is 0 Å². The fourth-order valence-corrected chi connectivity index (χ4v) is 4.16. The molecule has 3 fully saturated rings. The standard InChI is InChI=1S/C16H26N2O3/c1-16(14(19)20,12-8-9-12)17-15(21)18-10-4-7-13(18)11-5-2-3-6-11/h11-13H,2-10H2,1H3,(H,17,21)(H,19,20). The lowest BCUT2D eigenvalue weighted by atomic mass is 9.95. The zero-order valence-corrected chi connectivity index (χ0v) is 12.8. The number of nitrogens with one attached hydrogen (secondary N) is 1. The number of hydrogen-bond donors (Lipinski definition) is 2. The van der Waals surface area contributed by atoms with Crippen molar-refractivity contribution in [2.45, 2.75) is 69.9 Å². The fourth-order valence-electron chi connectivity index (χ4n) is 4.16. The van der Waals surface area contributed by atoms with Gasteiger partial charge in [0.1, 0.15) is 5.54 Å². The molecule has 0 spiro atoms. The topological polar surface area (TPSA) is 69.6 Å². The minimum atomic E-state index is -1.10. The Morgan fingerprint density at radius 1 is 1.10 bits per heavy atom. The van der Waals surface area contributed by atoms with E-state index in [-0.39, 0.29) is 11.9 Å². The van der Waals surface area contributed by atoms with Gasteiger partial charge in [-0.05, 0) is 57.3 Å². The lowest BCUT2D eigenvalue weighted by Crippen LogP contribution is -2.58. The number of aliphatic carboxylic acids is 1. The maximum absolute atomic E-state index is 12.6. The number of urea groups is 1. The summed E-state index contributed by atoms with van der Waals surface area (Å²) in [6.45, 7) is 2.43. The molecule has 0 aromatic carbocycles. The van der Waals surface area contributed by atoms with Gasteiger partial charge < -0.3 is 15.3 Å². The maximum atomic E-state index is 12.6. The van der Waals surface area contributed by atoms with Crippen LogP contribution >= 0.6 is 0 Å². The molecule has 5 nitrogen and oxygen atoms in total. The highest BCUT2D eigenvalue weighted by Crippen LogP contribution is 2.40. The highest BCUT2D eigenvalue weighted by Gasteiger charge is 2.50. The van der Waals surface area contributed by atoms with E-state index in [9.17, 15) is 14.7 Å². The largest absolute Gasteiger partial charge is 0.480 e. The Balaban J connectivity index is 1.67. The molecule has 2 aliphatic carbocycles. The maximum Gasteiger partial charge on any atom is 0.329 e.